The van der Waals surface area contributed by atoms with Gasteiger partial charge in [-0.25, -0.2) is 0 Å². The van der Waals surface area contributed by atoms with Gasteiger partial charge in [0.25, 0.3) is 0 Å². The van der Waals surface area contributed by atoms with Crippen LogP contribution in [0.25, 0.3) is 0 Å². The number of anilines is 2. The molecule has 1 aliphatic rings. The number of carbonyl (C=O) groups is 1. The molecule has 1 saturated heterocycles. The van der Waals surface area contributed by atoms with E-state index in [9.17, 15) is 4.79 Å². The van der Waals surface area contributed by atoms with Gasteiger partial charge in [0.15, 0.2) is 11.5 Å². The maximum Gasteiger partial charge on any atom is 0.224 e. The molecule has 6 heteroatoms. The number of piperazine rings is 1. The molecule has 0 atom stereocenters. The molecule has 3 rings (SSSR count). The summed E-state index contributed by atoms with van der Waals surface area (Å²) < 4.78 is 11.4. The van der Waals surface area contributed by atoms with Crippen LogP contribution in [0.1, 0.15) is 19.8 Å². The van der Waals surface area contributed by atoms with Crippen molar-refractivity contribution < 1.29 is 19.2 Å². The van der Waals surface area contributed by atoms with Crippen LogP contribution in [0.15, 0.2) is 48.5 Å². The lowest BCUT2D eigenvalue weighted by atomic mass is 10.2. The van der Waals surface area contributed by atoms with Crippen molar-refractivity contribution in [3.05, 3.63) is 48.5 Å². The van der Waals surface area contributed by atoms with Crippen molar-refractivity contribution in [3.8, 4) is 11.5 Å². The van der Waals surface area contributed by atoms with E-state index in [4.69, 9.17) is 9.47 Å². The van der Waals surface area contributed by atoms with E-state index in [2.05, 4.69) is 23.3 Å². The van der Waals surface area contributed by atoms with Crippen molar-refractivity contribution in [2.45, 2.75) is 19.8 Å². The van der Waals surface area contributed by atoms with Crippen molar-refractivity contribution in [1.82, 2.24) is 0 Å². The molecular weight excluding hydrogens is 366 g/mol. The van der Waals surface area contributed by atoms with E-state index >= 15 is 0 Å². The quantitative estimate of drug-likeness (QED) is 0.636. The van der Waals surface area contributed by atoms with Gasteiger partial charge in [-0.3, -0.25) is 4.79 Å². The molecule has 0 unspecified atom stereocenters. The van der Waals surface area contributed by atoms with E-state index in [1.807, 2.05) is 49.4 Å². The third-order valence-corrected chi connectivity index (χ3v) is 5.09. The first-order chi connectivity index (χ1) is 14.2. The highest BCUT2D eigenvalue weighted by molar-refractivity contribution is 5.94. The summed E-state index contributed by atoms with van der Waals surface area (Å²) in [5, 5.41) is 3.08. The van der Waals surface area contributed by atoms with Gasteiger partial charge < -0.3 is 24.6 Å². The number of likely N-dealkylation sites (N-methyl/N-ethyl adjacent to an activating group) is 1. The molecule has 29 heavy (non-hydrogen) atoms. The summed E-state index contributed by atoms with van der Waals surface area (Å²) in [5.74, 6) is 1.47. The van der Waals surface area contributed by atoms with Crippen molar-refractivity contribution >= 4 is 17.3 Å². The average molecular weight is 399 g/mol. The molecule has 0 radical (unpaired) electrons. The van der Waals surface area contributed by atoms with Crippen LogP contribution in [0.4, 0.5) is 11.4 Å². The van der Waals surface area contributed by atoms with Gasteiger partial charge in [0, 0.05) is 6.42 Å². The van der Waals surface area contributed by atoms with Crippen LogP contribution in [-0.2, 0) is 4.79 Å². The average Bonchev–Trinajstić information content (AvgIpc) is 2.74. The summed E-state index contributed by atoms with van der Waals surface area (Å²) in [6.45, 7) is 7.25. The first-order valence-corrected chi connectivity index (χ1v) is 10.5. The first kappa shape index (κ1) is 21.0. The molecule has 2 aromatic rings. The summed E-state index contributed by atoms with van der Waals surface area (Å²) >= 11 is 0. The summed E-state index contributed by atoms with van der Waals surface area (Å²) in [4.78, 5) is 16.4. The summed E-state index contributed by atoms with van der Waals surface area (Å²) in [7, 11) is 2.22. The number of ether oxygens (including phenoxy) is 2. The SMILES string of the molecule is CCOc1ccccc1OCCCC(=O)Nc1ccccc1N1CC[NH+](C)CC1. The zero-order chi connectivity index (χ0) is 20.5. The maximum atomic E-state index is 12.5. The Morgan fingerprint density at radius 3 is 2.41 bits per heavy atom. The van der Waals surface area contributed by atoms with Crippen LogP contribution in [0, 0.1) is 0 Å². The topological polar surface area (TPSA) is 55.2 Å². The molecule has 0 aromatic heterocycles. The molecule has 1 fully saturated rings. The van der Waals surface area contributed by atoms with E-state index in [0.29, 0.717) is 26.1 Å². The largest absolute Gasteiger partial charge is 0.490 e. The zero-order valence-electron chi connectivity index (χ0n) is 17.4. The Balaban J connectivity index is 1.48. The third-order valence-electron chi connectivity index (χ3n) is 5.09. The summed E-state index contributed by atoms with van der Waals surface area (Å²) in [5.41, 5.74) is 2.00. The summed E-state index contributed by atoms with van der Waals surface area (Å²) in [6, 6.07) is 15.7. The number of nitrogens with one attached hydrogen (secondary N) is 2. The van der Waals surface area contributed by atoms with Gasteiger partial charge in [0.05, 0.1) is 57.8 Å². The first-order valence-electron chi connectivity index (χ1n) is 10.5. The molecule has 1 aliphatic heterocycles. The molecule has 156 valence electrons. The minimum absolute atomic E-state index is 0.0129. The minimum Gasteiger partial charge on any atom is -0.490 e. The van der Waals surface area contributed by atoms with Gasteiger partial charge in [-0.05, 0) is 37.6 Å². The Morgan fingerprint density at radius 2 is 1.69 bits per heavy atom. The lowest BCUT2D eigenvalue weighted by Crippen LogP contribution is -3.12. The maximum absolute atomic E-state index is 12.5. The fraction of sp³-hybridized carbons (Fsp3) is 0.435. The Kier molecular flexibility index (Phi) is 7.76. The second-order valence-electron chi connectivity index (χ2n) is 7.34. The number of hydrogen-bond donors (Lipinski definition) is 2. The molecule has 2 aromatic carbocycles. The van der Waals surface area contributed by atoms with E-state index in [1.165, 1.54) is 0 Å². The van der Waals surface area contributed by atoms with Gasteiger partial charge in [-0.2, -0.15) is 0 Å². The number of para-hydroxylation sites is 4. The Labute approximate surface area is 173 Å². The smallest absolute Gasteiger partial charge is 0.224 e. The van der Waals surface area contributed by atoms with Gasteiger partial charge in [-0.15, -0.1) is 0 Å². The molecule has 1 heterocycles. The lowest BCUT2D eigenvalue weighted by molar-refractivity contribution is -0.880. The molecule has 1 amide bonds. The highest BCUT2D eigenvalue weighted by Crippen LogP contribution is 2.27. The number of nitrogens with zero attached hydrogens (tertiary/aromatic N) is 1. The number of quaternary nitrogens is 1. The Hall–Kier alpha value is -2.73. The molecule has 6 nitrogen and oxygen atoms in total. The Bertz CT molecular complexity index is 788. The van der Waals surface area contributed by atoms with Gasteiger partial charge in [0.1, 0.15) is 0 Å². The number of hydrogen-bond acceptors (Lipinski definition) is 4. The highest BCUT2D eigenvalue weighted by Gasteiger charge is 2.19. The van der Waals surface area contributed by atoms with Crippen LogP contribution in [0.5, 0.6) is 11.5 Å². The molecule has 0 bridgehead atoms. The van der Waals surface area contributed by atoms with Gasteiger partial charge in [-0.1, -0.05) is 24.3 Å². The van der Waals surface area contributed by atoms with Crippen LogP contribution in [0.3, 0.4) is 0 Å². The van der Waals surface area contributed by atoms with Crippen LogP contribution in [-0.4, -0.2) is 52.3 Å². The number of amides is 1. The summed E-state index contributed by atoms with van der Waals surface area (Å²) in [6.07, 6.45) is 1.06. The van der Waals surface area contributed by atoms with Gasteiger partial charge in [0.2, 0.25) is 5.91 Å². The highest BCUT2D eigenvalue weighted by atomic mass is 16.5. The molecule has 0 aliphatic carbocycles. The predicted octanol–water partition coefficient (Wildman–Crippen LogP) is 2.22. The zero-order valence-corrected chi connectivity index (χ0v) is 17.4. The molecule has 2 N–H and O–H groups in total. The van der Waals surface area contributed by atoms with E-state index in [-0.39, 0.29) is 5.91 Å². The van der Waals surface area contributed by atoms with Crippen LogP contribution < -0.4 is 24.6 Å². The number of rotatable bonds is 9. The van der Waals surface area contributed by atoms with Crippen molar-refractivity contribution in [2.24, 2.45) is 0 Å². The fourth-order valence-corrected chi connectivity index (χ4v) is 3.46. The normalized spacial score (nSPS) is 14.5. The standard InChI is InChI=1S/C23H31N3O3/c1-3-28-21-11-6-7-12-22(21)29-18-8-13-23(27)24-19-9-4-5-10-20(19)26-16-14-25(2)15-17-26/h4-7,9-12H,3,8,13-18H2,1-2H3,(H,24,27)/p+1. The number of benzene rings is 2. The van der Waals surface area contributed by atoms with E-state index in [0.717, 1.165) is 49.1 Å². The molecule has 0 saturated carbocycles. The van der Waals surface area contributed by atoms with Crippen molar-refractivity contribution in [1.29, 1.82) is 0 Å². The monoisotopic (exact) mass is 398 g/mol. The van der Waals surface area contributed by atoms with E-state index in [1.54, 1.807) is 4.90 Å². The second kappa shape index (κ2) is 10.7. The fourth-order valence-electron chi connectivity index (χ4n) is 3.46. The lowest BCUT2D eigenvalue weighted by Gasteiger charge is -2.33. The Morgan fingerprint density at radius 1 is 1.03 bits per heavy atom. The van der Waals surface area contributed by atoms with Crippen LogP contribution in [0.2, 0.25) is 0 Å². The van der Waals surface area contributed by atoms with E-state index < -0.39 is 0 Å². The number of carbonyl (C=O) groups excluding carboxylic acids is 1. The molecule has 0 spiro atoms. The second-order valence-corrected chi connectivity index (χ2v) is 7.34. The third kappa shape index (κ3) is 6.12. The minimum atomic E-state index is 0.0129. The molecular formula is C23H32N3O3+. The van der Waals surface area contributed by atoms with Gasteiger partial charge >= 0.3 is 0 Å². The van der Waals surface area contributed by atoms with Crippen LogP contribution >= 0.6 is 0 Å². The van der Waals surface area contributed by atoms with Crippen molar-refractivity contribution in [2.75, 3.05) is 56.7 Å². The van der Waals surface area contributed by atoms with Crippen molar-refractivity contribution in [3.63, 3.8) is 0 Å². The predicted molar refractivity (Wildman–Crippen MR) is 116 cm³/mol.